The number of aromatic amines is 1. The van der Waals surface area contributed by atoms with Crippen LogP contribution in [0.5, 0.6) is 0 Å². The van der Waals surface area contributed by atoms with Crippen molar-refractivity contribution in [1.82, 2.24) is 19.7 Å². The van der Waals surface area contributed by atoms with Crippen molar-refractivity contribution >= 4 is 23.3 Å². The Hall–Kier alpha value is -1.95. The molecule has 0 spiro atoms. The Morgan fingerprint density at radius 3 is 2.95 bits per heavy atom. The lowest BCUT2D eigenvalue weighted by Gasteiger charge is -2.02. The summed E-state index contributed by atoms with van der Waals surface area (Å²) in [5.41, 5.74) is 3.38. The highest BCUT2D eigenvalue weighted by Crippen LogP contribution is 2.16. The van der Waals surface area contributed by atoms with Crippen LogP contribution in [0.15, 0.2) is 22.7 Å². The molecule has 6 heteroatoms. The lowest BCUT2D eigenvalue weighted by molar-refractivity contribution is 0.369. The van der Waals surface area contributed by atoms with Crippen LogP contribution in [-0.2, 0) is 13.0 Å². The number of aromatic nitrogens is 4. The number of benzene rings is 1. The summed E-state index contributed by atoms with van der Waals surface area (Å²) in [6.07, 6.45) is 0.677. The summed E-state index contributed by atoms with van der Waals surface area (Å²) in [5, 5.41) is 3.78. The molecule has 5 nitrogen and oxygen atoms in total. The van der Waals surface area contributed by atoms with Crippen LogP contribution in [0.3, 0.4) is 0 Å². The first-order valence-electron chi connectivity index (χ1n) is 6.12. The Kier molecular flexibility index (Phi) is 2.94. The fourth-order valence-corrected chi connectivity index (χ4v) is 2.45. The normalized spacial score (nSPS) is 11.3. The number of nitrogens with one attached hydrogen (secondary N) is 1. The molecule has 98 valence electrons. The highest BCUT2D eigenvalue weighted by atomic mass is 32.1. The van der Waals surface area contributed by atoms with Gasteiger partial charge in [-0.15, -0.1) is 0 Å². The van der Waals surface area contributed by atoms with Crippen molar-refractivity contribution < 1.29 is 4.52 Å². The van der Waals surface area contributed by atoms with Gasteiger partial charge in [-0.05, 0) is 43.8 Å². The Morgan fingerprint density at radius 1 is 1.37 bits per heavy atom. The predicted molar refractivity (Wildman–Crippen MR) is 74.6 cm³/mol. The predicted octanol–water partition coefficient (Wildman–Crippen LogP) is 2.94. The summed E-state index contributed by atoms with van der Waals surface area (Å²) < 4.78 is 7.89. The van der Waals surface area contributed by atoms with Crippen molar-refractivity contribution in [1.29, 1.82) is 0 Å². The molecule has 0 aliphatic carbocycles. The molecule has 3 rings (SSSR count). The molecule has 2 aromatic heterocycles. The number of hydrogen-bond acceptors (Lipinski definition) is 4. The number of imidazole rings is 1. The van der Waals surface area contributed by atoms with Gasteiger partial charge in [0, 0.05) is 13.0 Å². The Balaban J connectivity index is 1.92. The molecule has 0 amide bonds. The van der Waals surface area contributed by atoms with Gasteiger partial charge >= 0.3 is 0 Å². The molecular formula is C13H14N4OS. The van der Waals surface area contributed by atoms with E-state index in [1.165, 1.54) is 5.56 Å². The molecule has 0 radical (unpaired) electrons. The van der Waals surface area contributed by atoms with E-state index in [4.69, 9.17) is 16.7 Å². The minimum Gasteiger partial charge on any atom is -0.339 e. The zero-order chi connectivity index (χ0) is 13.4. The minimum absolute atomic E-state index is 0.640. The van der Waals surface area contributed by atoms with Crippen LogP contribution < -0.4 is 0 Å². The fourth-order valence-electron chi connectivity index (χ4n) is 2.15. The van der Waals surface area contributed by atoms with E-state index in [0.717, 1.165) is 22.3 Å². The topological polar surface area (TPSA) is 59.6 Å². The average molecular weight is 274 g/mol. The van der Waals surface area contributed by atoms with Gasteiger partial charge in [0.15, 0.2) is 10.6 Å². The average Bonchev–Trinajstić information content (AvgIpc) is 2.89. The van der Waals surface area contributed by atoms with Crippen molar-refractivity contribution in [2.45, 2.75) is 26.8 Å². The second kappa shape index (κ2) is 4.62. The highest BCUT2D eigenvalue weighted by molar-refractivity contribution is 7.71. The Labute approximate surface area is 115 Å². The fraction of sp³-hybridized carbons (Fsp3) is 0.308. The minimum atomic E-state index is 0.640. The molecule has 0 aliphatic rings. The SMILES string of the molecule is Cc1ccc2c(c1)[nH]c(=S)n2CCc1nc(C)no1. The molecule has 0 unspecified atom stereocenters. The number of rotatable bonds is 3. The third-order valence-corrected chi connectivity index (χ3v) is 3.37. The summed E-state index contributed by atoms with van der Waals surface area (Å²) in [5.74, 6) is 1.30. The van der Waals surface area contributed by atoms with Crippen molar-refractivity contribution in [3.63, 3.8) is 0 Å². The van der Waals surface area contributed by atoms with Gasteiger partial charge in [0.1, 0.15) is 0 Å². The van der Waals surface area contributed by atoms with Gasteiger partial charge in [-0.1, -0.05) is 11.2 Å². The first kappa shape index (κ1) is 12.1. The smallest absolute Gasteiger partial charge is 0.228 e. The molecule has 19 heavy (non-hydrogen) atoms. The standard InChI is InChI=1S/C13H14N4OS/c1-8-3-4-11-10(7-8)15-13(19)17(11)6-5-12-14-9(2)16-18-12/h3-4,7H,5-6H2,1-2H3,(H,15,19). The van der Waals surface area contributed by atoms with E-state index in [2.05, 4.69) is 44.8 Å². The second-order valence-electron chi connectivity index (χ2n) is 4.59. The van der Waals surface area contributed by atoms with Gasteiger partial charge in [0.25, 0.3) is 0 Å². The van der Waals surface area contributed by atoms with E-state index in [1.807, 2.05) is 6.92 Å². The maximum Gasteiger partial charge on any atom is 0.228 e. The number of fused-ring (bicyclic) bond motifs is 1. The van der Waals surface area contributed by atoms with Gasteiger partial charge in [0.2, 0.25) is 5.89 Å². The van der Waals surface area contributed by atoms with E-state index in [-0.39, 0.29) is 0 Å². The monoisotopic (exact) mass is 274 g/mol. The largest absolute Gasteiger partial charge is 0.339 e. The Morgan fingerprint density at radius 2 is 2.21 bits per heavy atom. The van der Waals surface area contributed by atoms with Crippen molar-refractivity contribution in [3.05, 3.63) is 40.2 Å². The number of aryl methyl sites for hydroxylation is 4. The van der Waals surface area contributed by atoms with E-state index >= 15 is 0 Å². The number of H-pyrrole nitrogens is 1. The molecular weight excluding hydrogens is 260 g/mol. The molecule has 0 aliphatic heterocycles. The van der Waals surface area contributed by atoms with Crippen LogP contribution in [0, 0.1) is 18.6 Å². The van der Waals surface area contributed by atoms with E-state index < -0.39 is 0 Å². The molecule has 3 aromatic rings. The molecule has 2 heterocycles. The van der Waals surface area contributed by atoms with Crippen LogP contribution in [-0.4, -0.2) is 19.7 Å². The summed E-state index contributed by atoms with van der Waals surface area (Å²) >= 11 is 5.36. The number of nitrogens with zero attached hydrogens (tertiary/aromatic N) is 3. The van der Waals surface area contributed by atoms with Crippen LogP contribution in [0.1, 0.15) is 17.3 Å². The van der Waals surface area contributed by atoms with Crippen molar-refractivity contribution in [3.8, 4) is 0 Å². The van der Waals surface area contributed by atoms with Crippen molar-refractivity contribution in [2.75, 3.05) is 0 Å². The summed E-state index contributed by atoms with van der Waals surface area (Å²) in [6.45, 7) is 4.60. The molecule has 0 atom stereocenters. The molecule has 0 saturated carbocycles. The quantitative estimate of drug-likeness (QED) is 0.746. The van der Waals surface area contributed by atoms with Crippen molar-refractivity contribution in [2.24, 2.45) is 0 Å². The molecule has 0 saturated heterocycles. The second-order valence-corrected chi connectivity index (χ2v) is 4.97. The van der Waals surface area contributed by atoms with E-state index in [9.17, 15) is 0 Å². The van der Waals surface area contributed by atoms with Crippen LogP contribution in [0.2, 0.25) is 0 Å². The summed E-state index contributed by atoms with van der Waals surface area (Å²) in [4.78, 5) is 7.42. The third kappa shape index (κ3) is 2.31. The summed E-state index contributed by atoms with van der Waals surface area (Å²) in [7, 11) is 0. The lowest BCUT2D eigenvalue weighted by Crippen LogP contribution is -2.01. The van der Waals surface area contributed by atoms with Gasteiger partial charge in [-0.2, -0.15) is 4.98 Å². The Bertz CT molecular complexity index is 783. The number of hydrogen-bond donors (Lipinski definition) is 1. The maximum atomic E-state index is 5.36. The maximum absolute atomic E-state index is 5.36. The highest BCUT2D eigenvalue weighted by Gasteiger charge is 2.07. The van der Waals surface area contributed by atoms with Crippen LogP contribution in [0.4, 0.5) is 0 Å². The van der Waals surface area contributed by atoms with Gasteiger partial charge < -0.3 is 14.1 Å². The lowest BCUT2D eigenvalue weighted by atomic mass is 10.2. The molecule has 0 fully saturated rings. The molecule has 0 bridgehead atoms. The molecule has 1 N–H and O–H groups in total. The summed E-state index contributed by atoms with van der Waals surface area (Å²) in [6, 6.07) is 6.26. The zero-order valence-electron chi connectivity index (χ0n) is 10.8. The first-order chi connectivity index (χ1) is 9.13. The van der Waals surface area contributed by atoms with Gasteiger partial charge in [-0.25, -0.2) is 0 Å². The van der Waals surface area contributed by atoms with Crippen LogP contribution >= 0.6 is 12.2 Å². The van der Waals surface area contributed by atoms with Crippen LogP contribution in [0.25, 0.3) is 11.0 Å². The van der Waals surface area contributed by atoms with E-state index in [1.54, 1.807) is 0 Å². The van der Waals surface area contributed by atoms with Gasteiger partial charge in [-0.3, -0.25) is 0 Å². The van der Waals surface area contributed by atoms with E-state index in [0.29, 0.717) is 18.1 Å². The zero-order valence-corrected chi connectivity index (χ0v) is 11.6. The van der Waals surface area contributed by atoms with Gasteiger partial charge in [0.05, 0.1) is 11.0 Å². The molecule has 1 aromatic carbocycles. The third-order valence-electron chi connectivity index (χ3n) is 3.05. The first-order valence-corrected chi connectivity index (χ1v) is 6.52.